The van der Waals surface area contributed by atoms with Gasteiger partial charge in [0, 0.05) is 5.82 Å². The summed E-state index contributed by atoms with van der Waals surface area (Å²) in [4.78, 5) is 16.9. The number of hydrogen-bond acceptors (Lipinski definition) is 1. The molecule has 0 unspecified atom stereocenters. The molecule has 0 radical (unpaired) electrons. The second-order valence-corrected chi connectivity index (χ2v) is 4.30. The lowest BCUT2D eigenvalue weighted by atomic mass is 10.2. The van der Waals surface area contributed by atoms with Crippen molar-refractivity contribution in [3.8, 4) is 0 Å². The molecule has 0 heterocycles. The Labute approximate surface area is 73.7 Å². The SMILES string of the molecule is CCCCCC/C=C/P(=O)(O)O. The Morgan fingerprint density at radius 1 is 1.25 bits per heavy atom. The quantitative estimate of drug-likeness (QED) is 0.502. The van der Waals surface area contributed by atoms with Crippen LogP contribution in [0.4, 0.5) is 0 Å². The maximum absolute atomic E-state index is 10.3. The van der Waals surface area contributed by atoms with Gasteiger partial charge in [0.2, 0.25) is 0 Å². The zero-order chi connectivity index (χ0) is 9.45. The highest BCUT2D eigenvalue weighted by Gasteiger charge is 2.03. The average Bonchev–Trinajstić information content (AvgIpc) is 1.94. The minimum atomic E-state index is -3.90. The fourth-order valence-electron chi connectivity index (χ4n) is 0.901. The van der Waals surface area contributed by atoms with Crippen molar-refractivity contribution in [1.82, 2.24) is 0 Å². The largest absolute Gasteiger partial charge is 0.348 e. The molecule has 0 amide bonds. The molecule has 0 spiro atoms. The van der Waals surface area contributed by atoms with Crippen molar-refractivity contribution < 1.29 is 14.4 Å². The Morgan fingerprint density at radius 3 is 2.42 bits per heavy atom. The first kappa shape index (κ1) is 11.9. The van der Waals surface area contributed by atoms with Crippen LogP contribution in [0.5, 0.6) is 0 Å². The minimum absolute atomic E-state index is 0.769. The van der Waals surface area contributed by atoms with Gasteiger partial charge in [0.15, 0.2) is 0 Å². The Morgan fingerprint density at radius 2 is 1.92 bits per heavy atom. The summed E-state index contributed by atoms with van der Waals surface area (Å²) in [5.41, 5.74) is 0. The molecule has 72 valence electrons. The minimum Gasteiger partial charge on any atom is -0.321 e. The Hall–Kier alpha value is -0.110. The van der Waals surface area contributed by atoms with Crippen LogP contribution in [0.1, 0.15) is 39.0 Å². The van der Waals surface area contributed by atoms with E-state index in [9.17, 15) is 4.57 Å². The first-order chi connectivity index (χ1) is 5.56. The van der Waals surface area contributed by atoms with E-state index in [-0.39, 0.29) is 0 Å². The molecule has 0 aromatic carbocycles. The molecule has 0 aromatic rings. The van der Waals surface area contributed by atoms with Crippen LogP contribution in [0.3, 0.4) is 0 Å². The van der Waals surface area contributed by atoms with Gasteiger partial charge >= 0.3 is 7.60 Å². The fraction of sp³-hybridized carbons (Fsp3) is 0.750. The van der Waals surface area contributed by atoms with E-state index in [1.54, 1.807) is 6.08 Å². The van der Waals surface area contributed by atoms with E-state index in [0.717, 1.165) is 25.1 Å². The van der Waals surface area contributed by atoms with Gasteiger partial charge in [0.05, 0.1) is 0 Å². The van der Waals surface area contributed by atoms with Gasteiger partial charge < -0.3 is 9.79 Å². The van der Waals surface area contributed by atoms with Gasteiger partial charge in [0.25, 0.3) is 0 Å². The topological polar surface area (TPSA) is 57.5 Å². The predicted molar refractivity (Wildman–Crippen MR) is 49.9 cm³/mol. The second-order valence-electron chi connectivity index (χ2n) is 2.82. The summed E-state index contributed by atoms with van der Waals surface area (Å²) >= 11 is 0. The fourth-order valence-corrected chi connectivity index (χ4v) is 1.32. The van der Waals surface area contributed by atoms with Crippen LogP contribution < -0.4 is 0 Å². The third-order valence-electron chi connectivity index (χ3n) is 1.52. The molecular weight excluding hydrogens is 175 g/mol. The first-order valence-electron chi connectivity index (χ1n) is 4.29. The van der Waals surface area contributed by atoms with E-state index in [0.29, 0.717) is 0 Å². The summed E-state index contributed by atoms with van der Waals surface area (Å²) in [5.74, 6) is 0.985. The van der Waals surface area contributed by atoms with Crippen molar-refractivity contribution in [2.24, 2.45) is 0 Å². The van der Waals surface area contributed by atoms with Crippen LogP contribution >= 0.6 is 7.60 Å². The summed E-state index contributed by atoms with van der Waals surface area (Å²) < 4.78 is 10.3. The van der Waals surface area contributed by atoms with Gasteiger partial charge in [-0.25, -0.2) is 0 Å². The lowest BCUT2D eigenvalue weighted by molar-refractivity contribution is 0.386. The predicted octanol–water partition coefficient (Wildman–Crippen LogP) is 2.65. The second kappa shape index (κ2) is 6.41. The molecule has 0 fully saturated rings. The molecule has 0 aromatic heterocycles. The van der Waals surface area contributed by atoms with E-state index in [1.807, 2.05) is 0 Å². The monoisotopic (exact) mass is 192 g/mol. The van der Waals surface area contributed by atoms with Crippen molar-refractivity contribution in [2.75, 3.05) is 0 Å². The molecule has 0 saturated carbocycles. The highest BCUT2D eigenvalue weighted by Crippen LogP contribution is 2.36. The molecule has 0 saturated heterocycles. The zero-order valence-corrected chi connectivity index (χ0v) is 8.33. The molecular formula is C8H17O3P. The smallest absolute Gasteiger partial charge is 0.321 e. The van der Waals surface area contributed by atoms with Crippen LogP contribution in [-0.4, -0.2) is 9.79 Å². The van der Waals surface area contributed by atoms with Gasteiger partial charge in [-0.15, -0.1) is 0 Å². The maximum Gasteiger partial charge on any atom is 0.348 e. The normalized spacial score (nSPS) is 12.6. The van der Waals surface area contributed by atoms with Gasteiger partial charge in [-0.2, -0.15) is 0 Å². The number of allylic oxidation sites excluding steroid dienone is 1. The standard InChI is InChI=1S/C8H17O3P/c1-2-3-4-5-6-7-8-12(9,10)11/h7-8H,2-6H2,1H3,(H2,9,10,11)/b8-7+. The number of rotatable bonds is 6. The molecule has 4 heteroatoms. The van der Waals surface area contributed by atoms with Crippen molar-refractivity contribution in [3.05, 3.63) is 11.9 Å². The van der Waals surface area contributed by atoms with E-state index in [4.69, 9.17) is 9.79 Å². The zero-order valence-electron chi connectivity index (χ0n) is 7.44. The van der Waals surface area contributed by atoms with Gasteiger partial charge in [0.1, 0.15) is 0 Å². The van der Waals surface area contributed by atoms with Crippen LogP contribution in [0.15, 0.2) is 11.9 Å². The van der Waals surface area contributed by atoms with Crippen molar-refractivity contribution >= 4 is 7.60 Å². The van der Waals surface area contributed by atoms with Gasteiger partial charge in [-0.05, 0) is 12.8 Å². The van der Waals surface area contributed by atoms with Crippen LogP contribution in [0, 0.1) is 0 Å². The molecule has 0 aliphatic heterocycles. The lowest BCUT2D eigenvalue weighted by Crippen LogP contribution is -1.74. The lowest BCUT2D eigenvalue weighted by Gasteiger charge is -1.95. The van der Waals surface area contributed by atoms with E-state index in [2.05, 4.69) is 6.92 Å². The molecule has 0 bridgehead atoms. The third kappa shape index (κ3) is 9.89. The highest BCUT2D eigenvalue weighted by atomic mass is 31.2. The molecule has 12 heavy (non-hydrogen) atoms. The summed E-state index contributed by atoms with van der Waals surface area (Å²) in [6.07, 6.45) is 6.87. The number of unbranched alkanes of at least 4 members (excludes halogenated alkanes) is 4. The summed E-state index contributed by atoms with van der Waals surface area (Å²) in [7, 11) is -3.90. The molecule has 0 atom stereocenters. The molecule has 0 rings (SSSR count). The van der Waals surface area contributed by atoms with Gasteiger partial charge in [-0.1, -0.05) is 32.3 Å². The van der Waals surface area contributed by atoms with E-state index < -0.39 is 7.60 Å². The third-order valence-corrected chi connectivity index (χ3v) is 2.12. The highest BCUT2D eigenvalue weighted by molar-refractivity contribution is 7.55. The molecule has 0 aliphatic rings. The summed E-state index contributed by atoms with van der Waals surface area (Å²) in [6, 6.07) is 0. The summed E-state index contributed by atoms with van der Waals surface area (Å²) in [5, 5.41) is 0. The maximum atomic E-state index is 10.3. The van der Waals surface area contributed by atoms with Crippen molar-refractivity contribution in [2.45, 2.75) is 39.0 Å². The molecule has 0 aliphatic carbocycles. The van der Waals surface area contributed by atoms with Crippen LogP contribution in [0.25, 0.3) is 0 Å². The summed E-state index contributed by atoms with van der Waals surface area (Å²) in [6.45, 7) is 2.13. The number of hydrogen-bond donors (Lipinski definition) is 2. The van der Waals surface area contributed by atoms with Crippen molar-refractivity contribution in [3.63, 3.8) is 0 Å². The Bertz CT molecular complexity index is 171. The Balaban J connectivity index is 3.31. The molecule has 3 nitrogen and oxygen atoms in total. The average molecular weight is 192 g/mol. The van der Waals surface area contributed by atoms with Crippen LogP contribution in [-0.2, 0) is 4.57 Å². The van der Waals surface area contributed by atoms with Crippen molar-refractivity contribution in [1.29, 1.82) is 0 Å². The first-order valence-corrected chi connectivity index (χ1v) is 5.97. The van der Waals surface area contributed by atoms with Gasteiger partial charge in [-0.3, -0.25) is 4.57 Å². The van der Waals surface area contributed by atoms with Crippen LogP contribution in [0.2, 0.25) is 0 Å². The molecule has 2 N–H and O–H groups in total. The Kier molecular flexibility index (Phi) is 6.35. The van der Waals surface area contributed by atoms with E-state index in [1.165, 1.54) is 12.8 Å². The van der Waals surface area contributed by atoms with E-state index >= 15 is 0 Å².